The Labute approximate surface area is 86.3 Å². The van der Waals surface area contributed by atoms with Crippen LogP contribution in [-0.2, 0) is 12.8 Å². The molecule has 1 heteroatoms. The van der Waals surface area contributed by atoms with Crippen LogP contribution in [0.25, 0.3) is 0 Å². The standard InChI is InChI=1S/C13H19N/c14-8-4-3-5-11-9-12-6-1-2-7-13(12)10-11/h1-2,6-7,11H,3-5,8-10,14H2. The minimum absolute atomic E-state index is 0.847. The molecular weight excluding hydrogens is 170 g/mol. The minimum atomic E-state index is 0.847. The largest absolute Gasteiger partial charge is 0.330 e. The van der Waals surface area contributed by atoms with Crippen LogP contribution in [0, 0.1) is 5.92 Å². The fourth-order valence-electron chi connectivity index (χ4n) is 2.43. The zero-order valence-electron chi connectivity index (χ0n) is 8.71. The Balaban J connectivity index is 1.86. The van der Waals surface area contributed by atoms with Crippen LogP contribution < -0.4 is 5.73 Å². The fraction of sp³-hybridized carbons (Fsp3) is 0.538. The molecule has 0 unspecified atom stereocenters. The maximum absolute atomic E-state index is 5.50. The molecule has 1 aromatic carbocycles. The van der Waals surface area contributed by atoms with E-state index in [0.717, 1.165) is 12.5 Å². The summed E-state index contributed by atoms with van der Waals surface area (Å²) in [6.07, 6.45) is 6.43. The van der Waals surface area contributed by atoms with Crippen LogP contribution in [0.2, 0.25) is 0 Å². The smallest absolute Gasteiger partial charge is 0.00773 e. The second kappa shape index (κ2) is 4.61. The number of benzene rings is 1. The van der Waals surface area contributed by atoms with Crippen LogP contribution >= 0.6 is 0 Å². The highest BCUT2D eigenvalue weighted by Gasteiger charge is 2.19. The van der Waals surface area contributed by atoms with Gasteiger partial charge in [0.2, 0.25) is 0 Å². The van der Waals surface area contributed by atoms with Crippen LogP contribution in [0.1, 0.15) is 30.4 Å². The first kappa shape index (κ1) is 9.72. The molecule has 0 amide bonds. The van der Waals surface area contributed by atoms with Crippen molar-refractivity contribution in [1.29, 1.82) is 0 Å². The molecule has 0 heterocycles. The van der Waals surface area contributed by atoms with Gasteiger partial charge in [0.15, 0.2) is 0 Å². The third kappa shape index (κ3) is 2.16. The molecule has 0 saturated carbocycles. The lowest BCUT2D eigenvalue weighted by Crippen LogP contribution is -2.03. The maximum Gasteiger partial charge on any atom is -0.00773 e. The molecule has 1 aliphatic rings. The Kier molecular flexibility index (Phi) is 3.20. The summed E-state index contributed by atoms with van der Waals surface area (Å²) in [6.45, 7) is 0.847. The monoisotopic (exact) mass is 189 g/mol. The lowest BCUT2D eigenvalue weighted by atomic mass is 9.99. The molecule has 0 fully saturated rings. The molecule has 0 aromatic heterocycles. The van der Waals surface area contributed by atoms with E-state index in [4.69, 9.17) is 5.73 Å². The predicted octanol–water partition coefficient (Wildman–Crippen LogP) is 2.53. The van der Waals surface area contributed by atoms with Crippen LogP contribution in [-0.4, -0.2) is 6.54 Å². The van der Waals surface area contributed by atoms with Crippen molar-refractivity contribution in [2.45, 2.75) is 32.1 Å². The summed E-state index contributed by atoms with van der Waals surface area (Å²) in [5.74, 6) is 0.888. The van der Waals surface area contributed by atoms with Crippen LogP contribution in [0.4, 0.5) is 0 Å². The summed E-state index contributed by atoms with van der Waals surface area (Å²) >= 11 is 0. The molecule has 0 bridgehead atoms. The summed E-state index contributed by atoms with van der Waals surface area (Å²) < 4.78 is 0. The van der Waals surface area contributed by atoms with Crippen molar-refractivity contribution >= 4 is 0 Å². The number of nitrogens with two attached hydrogens (primary N) is 1. The van der Waals surface area contributed by atoms with Crippen LogP contribution in [0.5, 0.6) is 0 Å². The fourth-order valence-corrected chi connectivity index (χ4v) is 2.43. The van der Waals surface area contributed by atoms with E-state index in [1.165, 1.54) is 32.1 Å². The lowest BCUT2D eigenvalue weighted by Gasteiger charge is -2.07. The third-order valence-electron chi connectivity index (χ3n) is 3.20. The van der Waals surface area contributed by atoms with Gasteiger partial charge in [0.1, 0.15) is 0 Å². The van der Waals surface area contributed by atoms with E-state index in [0.29, 0.717) is 0 Å². The van der Waals surface area contributed by atoms with E-state index in [1.54, 1.807) is 11.1 Å². The summed E-state index contributed by atoms with van der Waals surface area (Å²) in [6, 6.07) is 8.86. The molecule has 0 radical (unpaired) electrons. The van der Waals surface area contributed by atoms with E-state index < -0.39 is 0 Å². The van der Waals surface area contributed by atoms with Crippen molar-refractivity contribution in [3.63, 3.8) is 0 Å². The zero-order chi connectivity index (χ0) is 9.80. The summed E-state index contributed by atoms with van der Waals surface area (Å²) in [5.41, 5.74) is 8.65. The topological polar surface area (TPSA) is 26.0 Å². The number of fused-ring (bicyclic) bond motifs is 1. The van der Waals surface area contributed by atoms with Gasteiger partial charge in [-0.3, -0.25) is 0 Å². The summed E-state index contributed by atoms with van der Waals surface area (Å²) in [5, 5.41) is 0. The Bertz CT molecular complexity index is 268. The molecule has 2 N–H and O–H groups in total. The van der Waals surface area contributed by atoms with Gasteiger partial charge >= 0.3 is 0 Å². The van der Waals surface area contributed by atoms with Gasteiger partial charge in [0, 0.05) is 0 Å². The first-order valence-electron chi connectivity index (χ1n) is 5.67. The van der Waals surface area contributed by atoms with Crippen molar-refractivity contribution in [3.8, 4) is 0 Å². The van der Waals surface area contributed by atoms with Crippen molar-refractivity contribution in [2.24, 2.45) is 11.7 Å². The number of hydrogen-bond donors (Lipinski definition) is 1. The quantitative estimate of drug-likeness (QED) is 0.724. The molecule has 1 aliphatic carbocycles. The highest BCUT2D eigenvalue weighted by molar-refractivity contribution is 5.31. The highest BCUT2D eigenvalue weighted by Crippen LogP contribution is 2.29. The molecule has 0 atom stereocenters. The number of rotatable bonds is 4. The molecule has 14 heavy (non-hydrogen) atoms. The van der Waals surface area contributed by atoms with E-state index in [9.17, 15) is 0 Å². The third-order valence-corrected chi connectivity index (χ3v) is 3.20. The predicted molar refractivity (Wildman–Crippen MR) is 60.2 cm³/mol. The minimum Gasteiger partial charge on any atom is -0.330 e. The zero-order valence-corrected chi connectivity index (χ0v) is 8.71. The summed E-state index contributed by atoms with van der Waals surface area (Å²) in [7, 11) is 0. The Morgan fingerprint density at radius 1 is 1.07 bits per heavy atom. The SMILES string of the molecule is NCCCCC1Cc2ccccc2C1. The number of hydrogen-bond acceptors (Lipinski definition) is 1. The molecule has 0 aliphatic heterocycles. The average molecular weight is 189 g/mol. The van der Waals surface area contributed by atoms with Gasteiger partial charge in [0.25, 0.3) is 0 Å². The highest BCUT2D eigenvalue weighted by atomic mass is 14.5. The molecule has 1 aromatic rings. The maximum atomic E-state index is 5.50. The lowest BCUT2D eigenvalue weighted by molar-refractivity contribution is 0.484. The first-order chi connectivity index (χ1) is 6.90. The van der Waals surface area contributed by atoms with Crippen molar-refractivity contribution in [3.05, 3.63) is 35.4 Å². The molecule has 0 saturated heterocycles. The molecule has 1 nitrogen and oxygen atoms in total. The van der Waals surface area contributed by atoms with E-state index in [1.807, 2.05) is 0 Å². The molecule has 76 valence electrons. The van der Waals surface area contributed by atoms with E-state index in [2.05, 4.69) is 24.3 Å². The second-order valence-corrected chi connectivity index (χ2v) is 4.33. The van der Waals surface area contributed by atoms with Gasteiger partial charge in [-0.2, -0.15) is 0 Å². The second-order valence-electron chi connectivity index (χ2n) is 4.33. The van der Waals surface area contributed by atoms with Gasteiger partial charge in [0.05, 0.1) is 0 Å². The van der Waals surface area contributed by atoms with Crippen molar-refractivity contribution < 1.29 is 0 Å². The number of unbranched alkanes of at least 4 members (excludes halogenated alkanes) is 1. The van der Waals surface area contributed by atoms with Crippen molar-refractivity contribution in [1.82, 2.24) is 0 Å². The molecular formula is C13H19N. The first-order valence-corrected chi connectivity index (χ1v) is 5.67. The van der Waals surface area contributed by atoms with Gasteiger partial charge < -0.3 is 5.73 Å². The molecule has 2 rings (SSSR count). The normalized spacial score (nSPS) is 15.8. The van der Waals surface area contributed by atoms with Gasteiger partial charge in [-0.1, -0.05) is 30.7 Å². The van der Waals surface area contributed by atoms with E-state index >= 15 is 0 Å². The Hall–Kier alpha value is -0.820. The van der Waals surface area contributed by atoms with Crippen LogP contribution in [0.15, 0.2) is 24.3 Å². The average Bonchev–Trinajstić information content (AvgIpc) is 2.60. The van der Waals surface area contributed by atoms with Crippen molar-refractivity contribution in [2.75, 3.05) is 6.54 Å². The summed E-state index contributed by atoms with van der Waals surface area (Å²) in [4.78, 5) is 0. The van der Waals surface area contributed by atoms with Gasteiger partial charge in [-0.15, -0.1) is 0 Å². The van der Waals surface area contributed by atoms with Gasteiger partial charge in [-0.05, 0) is 49.3 Å². The Morgan fingerprint density at radius 2 is 1.71 bits per heavy atom. The van der Waals surface area contributed by atoms with E-state index in [-0.39, 0.29) is 0 Å². The Morgan fingerprint density at radius 3 is 2.29 bits per heavy atom. The van der Waals surface area contributed by atoms with Gasteiger partial charge in [-0.25, -0.2) is 0 Å². The van der Waals surface area contributed by atoms with Crippen LogP contribution in [0.3, 0.4) is 0 Å². The molecule has 0 spiro atoms.